The topological polar surface area (TPSA) is 43.1 Å². The van der Waals surface area contributed by atoms with Crippen molar-refractivity contribution in [2.45, 2.75) is 39.5 Å². The van der Waals surface area contributed by atoms with E-state index in [-0.39, 0.29) is 5.78 Å². The first-order valence-corrected chi connectivity index (χ1v) is 6.53. The van der Waals surface area contributed by atoms with Crippen LogP contribution in [0, 0.1) is 5.92 Å². The van der Waals surface area contributed by atoms with Crippen LogP contribution in [-0.2, 0) is 6.42 Å². The molecule has 0 heterocycles. The fourth-order valence-corrected chi connectivity index (χ4v) is 1.98. The molecule has 94 valence electrons. The molecule has 0 fully saturated rings. The lowest BCUT2D eigenvalue weighted by Gasteiger charge is -2.11. The molecule has 0 aliphatic rings. The van der Waals surface area contributed by atoms with Gasteiger partial charge < -0.3 is 5.73 Å². The summed E-state index contributed by atoms with van der Waals surface area (Å²) >= 11 is 0. The molecule has 0 spiro atoms. The van der Waals surface area contributed by atoms with Crippen LogP contribution in [-0.4, -0.2) is 12.3 Å². The van der Waals surface area contributed by atoms with Crippen molar-refractivity contribution in [3.8, 4) is 0 Å². The van der Waals surface area contributed by atoms with Crippen LogP contribution in [0.15, 0.2) is 24.3 Å². The number of ketones is 1. The lowest BCUT2D eigenvalue weighted by atomic mass is 9.93. The predicted octanol–water partition coefficient (Wildman–Crippen LogP) is 3.20. The Morgan fingerprint density at radius 1 is 1.18 bits per heavy atom. The molecule has 0 bridgehead atoms. The Kier molecular flexibility index (Phi) is 5.92. The molecule has 0 aromatic heterocycles. The van der Waals surface area contributed by atoms with Crippen molar-refractivity contribution in [1.82, 2.24) is 0 Å². The average Bonchev–Trinajstić information content (AvgIpc) is 2.37. The molecular formula is C15H23NO. The highest BCUT2D eigenvalue weighted by molar-refractivity contribution is 5.96. The van der Waals surface area contributed by atoms with E-state index in [0.717, 1.165) is 24.8 Å². The van der Waals surface area contributed by atoms with Crippen LogP contribution in [0.4, 0.5) is 0 Å². The molecule has 2 N–H and O–H groups in total. The maximum absolute atomic E-state index is 12.0. The Balaban J connectivity index is 2.63. The molecule has 1 aromatic carbocycles. The van der Waals surface area contributed by atoms with Crippen molar-refractivity contribution < 1.29 is 4.79 Å². The van der Waals surface area contributed by atoms with E-state index in [9.17, 15) is 4.79 Å². The summed E-state index contributed by atoms with van der Waals surface area (Å²) in [4.78, 5) is 12.0. The normalized spacial score (nSPS) is 10.8. The molecular weight excluding hydrogens is 210 g/mol. The first-order chi connectivity index (χ1) is 8.21. The summed E-state index contributed by atoms with van der Waals surface area (Å²) in [6.07, 6.45) is 3.70. The number of carbonyl (C=O) groups excluding carboxylic acids is 1. The van der Waals surface area contributed by atoms with Crippen molar-refractivity contribution >= 4 is 5.78 Å². The maximum Gasteiger partial charge on any atom is 0.163 e. The lowest BCUT2D eigenvalue weighted by molar-refractivity contribution is 0.0958. The Labute approximate surface area is 104 Å². The quantitative estimate of drug-likeness (QED) is 0.735. The number of hydrogen-bond donors (Lipinski definition) is 1. The van der Waals surface area contributed by atoms with Crippen LogP contribution in [0.2, 0.25) is 0 Å². The van der Waals surface area contributed by atoms with Crippen LogP contribution in [0.25, 0.3) is 0 Å². The molecule has 0 atom stereocenters. The van der Waals surface area contributed by atoms with Gasteiger partial charge in [-0.2, -0.15) is 0 Å². The van der Waals surface area contributed by atoms with E-state index in [1.807, 2.05) is 24.3 Å². The molecule has 0 aliphatic carbocycles. The van der Waals surface area contributed by atoms with Gasteiger partial charge in [0, 0.05) is 12.0 Å². The fourth-order valence-electron chi connectivity index (χ4n) is 1.98. The molecule has 0 aliphatic heterocycles. The predicted molar refractivity (Wildman–Crippen MR) is 72.2 cm³/mol. The summed E-state index contributed by atoms with van der Waals surface area (Å²) in [5.41, 5.74) is 7.53. The highest BCUT2D eigenvalue weighted by Crippen LogP contribution is 2.16. The second-order valence-electron chi connectivity index (χ2n) is 4.55. The highest BCUT2D eigenvalue weighted by atomic mass is 16.1. The molecule has 2 nitrogen and oxygen atoms in total. The molecule has 1 aromatic rings. The molecule has 0 saturated heterocycles. The second-order valence-corrected chi connectivity index (χ2v) is 4.55. The van der Waals surface area contributed by atoms with E-state index in [2.05, 4.69) is 13.8 Å². The number of carbonyl (C=O) groups is 1. The van der Waals surface area contributed by atoms with Crippen LogP contribution in [0.5, 0.6) is 0 Å². The summed E-state index contributed by atoms with van der Waals surface area (Å²) in [5, 5.41) is 0. The van der Waals surface area contributed by atoms with E-state index < -0.39 is 0 Å². The van der Waals surface area contributed by atoms with Crippen LogP contribution in [0.3, 0.4) is 0 Å². The first kappa shape index (κ1) is 13.9. The van der Waals surface area contributed by atoms with Crippen molar-refractivity contribution in [2.75, 3.05) is 6.54 Å². The second kappa shape index (κ2) is 7.23. The summed E-state index contributed by atoms with van der Waals surface area (Å²) in [6, 6.07) is 7.87. The Morgan fingerprint density at radius 3 is 2.24 bits per heavy atom. The Morgan fingerprint density at radius 2 is 1.76 bits per heavy atom. The largest absolute Gasteiger partial charge is 0.330 e. The third kappa shape index (κ3) is 4.31. The van der Waals surface area contributed by atoms with Crippen LogP contribution in [0.1, 0.15) is 49.0 Å². The molecule has 0 saturated carbocycles. The van der Waals surface area contributed by atoms with Crippen LogP contribution < -0.4 is 5.73 Å². The van der Waals surface area contributed by atoms with Gasteiger partial charge in [-0.05, 0) is 24.4 Å². The lowest BCUT2D eigenvalue weighted by Crippen LogP contribution is -2.08. The maximum atomic E-state index is 12.0. The minimum atomic E-state index is 0.262. The Bertz CT molecular complexity index is 338. The minimum Gasteiger partial charge on any atom is -0.330 e. The SMILES string of the molecule is CCC(CC)CC(=O)c1ccc(CCN)cc1. The van der Waals surface area contributed by atoms with Crippen LogP contribution >= 0.6 is 0 Å². The van der Waals surface area contributed by atoms with Gasteiger partial charge in [0.2, 0.25) is 0 Å². The first-order valence-electron chi connectivity index (χ1n) is 6.53. The molecule has 0 unspecified atom stereocenters. The number of rotatable bonds is 7. The summed E-state index contributed by atoms with van der Waals surface area (Å²) < 4.78 is 0. The highest BCUT2D eigenvalue weighted by Gasteiger charge is 2.11. The van der Waals surface area contributed by atoms with Crippen molar-refractivity contribution in [3.05, 3.63) is 35.4 Å². The third-order valence-corrected chi connectivity index (χ3v) is 3.34. The van der Waals surface area contributed by atoms with Gasteiger partial charge in [-0.15, -0.1) is 0 Å². The van der Waals surface area contributed by atoms with Gasteiger partial charge in [-0.3, -0.25) is 4.79 Å². The third-order valence-electron chi connectivity index (χ3n) is 3.34. The monoisotopic (exact) mass is 233 g/mol. The van der Waals surface area contributed by atoms with Gasteiger partial charge >= 0.3 is 0 Å². The molecule has 1 rings (SSSR count). The zero-order valence-corrected chi connectivity index (χ0v) is 10.9. The van der Waals surface area contributed by atoms with Crippen molar-refractivity contribution in [3.63, 3.8) is 0 Å². The van der Waals surface area contributed by atoms with Crippen molar-refractivity contribution in [1.29, 1.82) is 0 Å². The average molecular weight is 233 g/mol. The summed E-state index contributed by atoms with van der Waals surface area (Å²) in [5.74, 6) is 0.782. The number of nitrogens with two attached hydrogens (primary N) is 1. The minimum absolute atomic E-state index is 0.262. The van der Waals surface area contributed by atoms with Gasteiger partial charge in [0.25, 0.3) is 0 Å². The standard InChI is InChI=1S/C15H23NO/c1-3-12(4-2)11-15(17)14-7-5-13(6-8-14)9-10-16/h5-8,12H,3-4,9-11,16H2,1-2H3. The summed E-state index contributed by atoms with van der Waals surface area (Å²) in [6.45, 7) is 4.94. The van der Waals surface area contributed by atoms with E-state index in [1.165, 1.54) is 5.56 Å². The van der Waals surface area contributed by atoms with Gasteiger partial charge in [-0.25, -0.2) is 0 Å². The molecule has 0 radical (unpaired) electrons. The van der Waals surface area contributed by atoms with Gasteiger partial charge in [0.15, 0.2) is 5.78 Å². The number of Topliss-reactive ketones (excluding diaryl/α,β-unsaturated/α-hetero) is 1. The molecule has 2 heteroatoms. The zero-order valence-electron chi connectivity index (χ0n) is 10.9. The smallest absolute Gasteiger partial charge is 0.163 e. The van der Waals surface area contributed by atoms with Gasteiger partial charge in [0.05, 0.1) is 0 Å². The molecule has 17 heavy (non-hydrogen) atoms. The summed E-state index contributed by atoms with van der Waals surface area (Å²) in [7, 11) is 0. The van der Waals surface area contributed by atoms with Gasteiger partial charge in [-0.1, -0.05) is 51.0 Å². The number of hydrogen-bond acceptors (Lipinski definition) is 2. The van der Waals surface area contributed by atoms with Crippen molar-refractivity contribution in [2.24, 2.45) is 11.7 Å². The van der Waals surface area contributed by atoms with E-state index in [1.54, 1.807) is 0 Å². The zero-order chi connectivity index (χ0) is 12.7. The van der Waals surface area contributed by atoms with E-state index in [0.29, 0.717) is 18.9 Å². The Hall–Kier alpha value is -1.15. The number of benzene rings is 1. The molecule has 0 amide bonds. The fraction of sp³-hybridized carbons (Fsp3) is 0.533. The van der Waals surface area contributed by atoms with Gasteiger partial charge in [0.1, 0.15) is 0 Å². The van der Waals surface area contributed by atoms with E-state index >= 15 is 0 Å². The van der Waals surface area contributed by atoms with E-state index in [4.69, 9.17) is 5.73 Å².